The first-order valence-electron chi connectivity index (χ1n) is 14.4. The van der Waals surface area contributed by atoms with Crippen LogP contribution in [0.3, 0.4) is 0 Å². The summed E-state index contributed by atoms with van der Waals surface area (Å²) in [5.74, 6) is -1.07. The van der Waals surface area contributed by atoms with Crippen molar-refractivity contribution in [1.29, 1.82) is 0 Å². The van der Waals surface area contributed by atoms with Crippen molar-refractivity contribution >= 4 is 36.7 Å². The van der Waals surface area contributed by atoms with Gasteiger partial charge in [0.05, 0.1) is 29.2 Å². The van der Waals surface area contributed by atoms with E-state index in [0.717, 1.165) is 16.4 Å². The van der Waals surface area contributed by atoms with E-state index in [9.17, 15) is 34.8 Å². The number of para-hydroxylation sites is 1. The molecule has 0 radical (unpaired) electrons. The Morgan fingerprint density at radius 2 is 1.62 bits per heavy atom. The molecule has 0 unspecified atom stereocenters. The fraction of sp³-hybridized carbons (Fsp3) is 0.219. The number of carbonyl (C=O) groups is 1. The van der Waals surface area contributed by atoms with Gasteiger partial charge in [0, 0.05) is 23.6 Å². The maximum atomic E-state index is 13.5. The second-order valence-corrected chi connectivity index (χ2v) is 14.6. The van der Waals surface area contributed by atoms with Crippen LogP contribution in [0.4, 0.5) is 13.2 Å². The van der Waals surface area contributed by atoms with Crippen LogP contribution in [0.25, 0.3) is 22.2 Å². The van der Waals surface area contributed by atoms with E-state index >= 15 is 0 Å². The average molecular weight is 685 g/mol. The third kappa shape index (κ3) is 6.92. The van der Waals surface area contributed by atoms with Crippen molar-refractivity contribution in [1.82, 2.24) is 19.6 Å². The van der Waals surface area contributed by atoms with Crippen LogP contribution >= 0.6 is 0 Å². The third-order valence-electron chi connectivity index (χ3n) is 7.66. The monoisotopic (exact) mass is 684 g/mol. The van der Waals surface area contributed by atoms with Crippen LogP contribution in [0, 0.1) is 0 Å². The minimum Gasteiger partial charge on any atom is -0.443 e. The predicted octanol–water partition coefficient (Wildman–Crippen LogP) is 5.35. The number of fused-ring (bicyclic) bond motifs is 1. The Labute approximate surface area is 268 Å². The van der Waals surface area contributed by atoms with Crippen molar-refractivity contribution < 1.29 is 39.2 Å². The summed E-state index contributed by atoms with van der Waals surface area (Å²) in [6.45, 7) is -0.219. The van der Waals surface area contributed by atoms with E-state index in [4.69, 9.17) is 4.42 Å². The number of nitrogens with zero attached hydrogens (tertiary/aromatic N) is 3. The molecule has 47 heavy (non-hydrogen) atoms. The second-order valence-electron chi connectivity index (χ2n) is 10.9. The van der Waals surface area contributed by atoms with Crippen molar-refractivity contribution in [2.45, 2.75) is 47.6 Å². The van der Waals surface area contributed by atoms with Crippen LogP contribution < -0.4 is 5.32 Å². The van der Waals surface area contributed by atoms with Gasteiger partial charge in [0.2, 0.25) is 26.0 Å². The summed E-state index contributed by atoms with van der Waals surface area (Å²) in [6, 6.07) is 20.9. The number of benzene rings is 3. The molecule has 1 aliphatic rings. The molecule has 3 heterocycles. The number of aromatic nitrogens is 2. The molecule has 244 valence electrons. The molecule has 0 aliphatic carbocycles. The molecule has 6 rings (SSSR count). The Balaban J connectivity index is 1.27. The van der Waals surface area contributed by atoms with E-state index in [1.165, 1.54) is 24.3 Å². The van der Waals surface area contributed by atoms with Crippen LogP contribution in [-0.2, 0) is 43.1 Å². The number of alkyl halides is 3. The predicted molar refractivity (Wildman–Crippen MR) is 165 cm³/mol. The topological polar surface area (TPSA) is 140 Å². The fourth-order valence-corrected chi connectivity index (χ4v) is 8.19. The first-order valence-corrected chi connectivity index (χ1v) is 17.5. The normalized spacial score (nSPS) is 16.0. The molecule has 1 atom stereocenters. The molecule has 10 nitrogen and oxygen atoms in total. The number of furan rings is 1. The number of carbonyl (C=O) groups excluding carboxylic acids is 1. The van der Waals surface area contributed by atoms with Crippen molar-refractivity contribution in [2.75, 3.05) is 6.54 Å². The molecule has 3 aromatic carbocycles. The minimum absolute atomic E-state index is 0.0274. The molecular formula is C32H27F3N4O6S2. The molecular weight excluding hydrogens is 658 g/mol. The quantitative estimate of drug-likeness (QED) is 0.205. The maximum absolute atomic E-state index is 13.5. The number of nitrogens with one attached hydrogen (secondary N) is 1. The Hall–Kier alpha value is -4.60. The Bertz CT molecular complexity index is 2120. The van der Waals surface area contributed by atoms with Gasteiger partial charge >= 0.3 is 6.18 Å². The number of amides is 1. The lowest BCUT2D eigenvalue weighted by Crippen LogP contribution is -2.45. The molecule has 1 amide bonds. The lowest BCUT2D eigenvalue weighted by atomic mass is 10.1. The van der Waals surface area contributed by atoms with Gasteiger partial charge in [-0.25, -0.2) is 26.8 Å². The van der Waals surface area contributed by atoms with E-state index in [2.05, 4.69) is 15.3 Å². The van der Waals surface area contributed by atoms with Crippen LogP contribution in [0.2, 0.25) is 0 Å². The summed E-state index contributed by atoms with van der Waals surface area (Å²) in [4.78, 5) is 21.7. The minimum atomic E-state index is -4.57. The van der Waals surface area contributed by atoms with E-state index in [-0.39, 0.29) is 41.6 Å². The standard InChI is InChI=1S/C32H27F3N4O6S2/c33-32(34,35)24-14-12-22(13-15-24)26-18-25(37-31(38-26)46(41,42)20-21-7-2-1-3-8-21)19-36-30(40)27-10-6-16-39(27)47(43,44)29-17-23-9-4-5-11-28(23)45-29/h1-5,7-9,11-15,17-18,27H,6,10,16,19-20H2,(H,36,40)/t27-/m0/s1. The molecule has 15 heteroatoms. The average Bonchev–Trinajstić information content (AvgIpc) is 3.73. The summed E-state index contributed by atoms with van der Waals surface area (Å²) >= 11 is 0. The largest absolute Gasteiger partial charge is 0.443 e. The highest BCUT2D eigenvalue weighted by atomic mass is 32.2. The zero-order valence-electron chi connectivity index (χ0n) is 24.5. The summed E-state index contributed by atoms with van der Waals surface area (Å²) in [7, 11) is -8.30. The van der Waals surface area contributed by atoms with Gasteiger partial charge in [0.25, 0.3) is 10.0 Å². The first-order chi connectivity index (χ1) is 22.3. The van der Waals surface area contributed by atoms with E-state index in [0.29, 0.717) is 23.0 Å². The Morgan fingerprint density at radius 1 is 0.915 bits per heavy atom. The summed E-state index contributed by atoms with van der Waals surface area (Å²) in [6.07, 6.45) is -3.91. The van der Waals surface area contributed by atoms with Crippen molar-refractivity contribution in [2.24, 2.45) is 0 Å². The highest BCUT2D eigenvalue weighted by molar-refractivity contribution is 7.90. The van der Waals surface area contributed by atoms with Gasteiger partial charge < -0.3 is 9.73 Å². The fourth-order valence-electron chi connectivity index (χ4n) is 5.32. The molecule has 0 bridgehead atoms. The zero-order valence-corrected chi connectivity index (χ0v) is 26.1. The molecule has 1 fully saturated rings. The SMILES string of the molecule is O=C(NCc1cc(-c2ccc(C(F)(F)F)cc2)nc(S(=O)(=O)Cc2ccccc2)n1)[C@@H]1CCCN1S(=O)(=O)c1cc2ccccc2o1. The Morgan fingerprint density at radius 3 is 2.32 bits per heavy atom. The molecule has 5 aromatic rings. The second kappa shape index (κ2) is 12.5. The molecule has 0 spiro atoms. The number of rotatable bonds is 9. The van der Waals surface area contributed by atoms with Crippen LogP contribution in [0.15, 0.2) is 106 Å². The van der Waals surface area contributed by atoms with E-state index in [1.54, 1.807) is 54.6 Å². The number of hydrogen-bond donors (Lipinski definition) is 1. The maximum Gasteiger partial charge on any atom is 0.416 e. The molecule has 1 saturated heterocycles. The summed E-state index contributed by atoms with van der Waals surface area (Å²) < 4.78 is 99.9. The number of sulfone groups is 1. The number of sulfonamides is 1. The van der Waals surface area contributed by atoms with Crippen molar-refractivity contribution in [3.05, 3.63) is 108 Å². The van der Waals surface area contributed by atoms with Gasteiger partial charge in [-0.05, 0) is 42.7 Å². The summed E-state index contributed by atoms with van der Waals surface area (Å²) in [5, 5.41) is 2.38. The number of halogens is 3. The van der Waals surface area contributed by atoms with Crippen molar-refractivity contribution in [3.8, 4) is 11.3 Å². The summed E-state index contributed by atoms with van der Waals surface area (Å²) in [5.41, 5.74) is 0.246. The number of hydrogen-bond acceptors (Lipinski definition) is 8. The molecule has 0 saturated carbocycles. The highest BCUT2D eigenvalue weighted by Gasteiger charge is 2.41. The van der Waals surface area contributed by atoms with Crippen LogP contribution in [0.5, 0.6) is 0 Å². The highest BCUT2D eigenvalue weighted by Crippen LogP contribution is 2.32. The lowest BCUT2D eigenvalue weighted by Gasteiger charge is -2.22. The van der Waals surface area contributed by atoms with Crippen LogP contribution in [0.1, 0.15) is 29.7 Å². The Kier molecular flexibility index (Phi) is 8.63. The van der Waals surface area contributed by atoms with Crippen molar-refractivity contribution in [3.63, 3.8) is 0 Å². The van der Waals surface area contributed by atoms with E-state index in [1.807, 2.05) is 0 Å². The van der Waals surface area contributed by atoms with Crippen LogP contribution in [-0.4, -0.2) is 49.6 Å². The van der Waals surface area contributed by atoms with Gasteiger partial charge in [-0.3, -0.25) is 4.79 Å². The molecule has 1 aliphatic heterocycles. The van der Waals surface area contributed by atoms with Gasteiger partial charge in [0.15, 0.2) is 0 Å². The van der Waals surface area contributed by atoms with Gasteiger partial charge in [-0.2, -0.15) is 17.5 Å². The van der Waals surface area contributed by atoms with E-state index < -0.39 is 54.5 Å². The molecule has 1 N–H and O–H groups in total. The third-order valence-corrected chi connectivity index (χ3v) is 10.9. The molecule has 2 aromatic heterocycles. The van der Waals surface area contributed by atoms with Gasteiger partial charge in [0.1, 0.15) is 11.6 Å². The zero-order chi connectivity index (χ0) is 33.4. The first kappa shape index (κ1) is 32.3. The lowest BCUT2D eigenvalue weighted by molar-refractivity contribution is -0.137. The smallest absolute Gasteiger partial charge is 0.416 e. The van der Waals surface area contributed by atoms with Gasteiger partial charge in [-0.15, -0.1) is 0 Å². The van der Waals surface area contributed by atoms with Gasteiger partial charge in [-0.1, -0.05) is 60.7 Å².